The molecule has 1 aliphatic carbocycles. The topological polar surface area (TPSA) is 84.3 Å². The normalized spacial score (nSPS) is 15.3. The molecule has 1 aliphatic rings. The van der Waals surface area contributed by atoms with Gasteiger partial charge in [-0.1, -0.05) is 56.3 Å². The van der Waals surface area contributed by atoms with E-state index < -0.39 is 17.5 Å². The number of fused-ring (bicyclic) bond motifs is 2. The molecule has 33 heavy (non-hydrogen) atoms. The van der Waals surface area contributed by atoms with Gasteiger partial charge in [-0.2, -0.15) is 0 Å². The molecule has 0 saturated heterocycles. The molecule has 0 saturated carbocycles. The van der Waals surface area contributed by atoms with Crippen molar-refractivity contribution in [2.75, 3.05) is 0 Å². The van der Waals surface area contributed by atoms with E-state index in [1.54, 1.807) is 36.4 Å². The van der Waals surface area contributed by atoms with Gasteiger partial charge in [0.1, 0.15) is 17.4 Å². The molecule has 1 atom stereocenters. The summed E-state index contributed by atoms with van der Waals surface area (Å²) in [6, 6.07) is 20.6. The van der Waals surface area contributed by atoms with Crippen LogP contribution in [0.15, 0.2) is 72.8 Å². The lowest BCUT2D eigenvalue weighted by Crippen LogP contribution is -2.15. The quantitative estimate of drug-likeness (QED) is 0.340. The highest BCUT2D eigenvalue weighted by Gasteiger charge is 2.42. The first-order valence-electron chi connectivity index (χ1n) is 10.8. The van der Waals surface area contributed by atoms with Crippen LogP contribution in [0, 0.1) is 0 Å². The van der Waals surface area contributed by atoms with Gasteiger partial charge in [0.2, 0.25) is 0 Å². The summed E-state index contributed by atoms with van der Waals surface area (Å²) in [5.41, 5.74) is 3.01. The van der Waals surface area contributed by atoms with Crippen molar-refractivity contribution in [1.29, 1.82) is 0 Å². The molecule has 0 aliphatic heterocycles. The molecule has 1 unspecified atom stereocenters. The Balaban J connectivity index is 1.54. The first kappa shape index (κ1) is 20.8. The lowest BCUT2D eigenvalue weighted by Gasteiger charge is -2.12. The minimum atomic E-state index is -1.23. The average Bonchev–Trinajstić information content (AvgIpc) is 3.07. The van der Waals surface area contributed by atoms with E-state index in [-0.39, 0.29) is 28.4 Å². The third kappa shape index (κ3) is 3.42. The van der Waals surface area contributed by atoms with Gasteiger partial charge in [0, 0.05) is 27.6 Å². The summed E-state index contributed by atoms with van der Waals surface area (Å²) in [4.78, 5) is 43.7. The Bertz CT molecular complexity index is 1450. The average molecular weight is 435 g/mol. The number of nitrogens with zero attached hydrogens (tertiary/aromatic N) is 1. The van der Waals surface area contributed by atoms with E-state index >= 15 is 0 Å². The Hall–Kier alpha value is -4.12. The monoisotopic (exact) mass is 435 g/mol. The number of hydrogen-bond donors (Lipinski definition) is 1. The summed E-state index contributed by atoms with van der Waals surface area (Å²) in [6.07, 6.45) is 0. The molecule has 3 aromatic carbocycles. The van der Waals surface area contributed by atoms with Crippen LogP contribution in [-0.2, 0) is 0 Å². The highest BCUT2D eigenvalue weighted by molar-refractivity contribution is 6.30. The SMILES string of the molecule is CC(C)c1ccc2nc(C3C(=O)c4ccc(C(=O)c5ccccc5)cc4C3=O)c(O)cc2c1. The van der Waals surface area contributed by atoms with Crippen LogP contribution in [0.5, 0.6) is 5.75 Å². The van der Waals surface area contributed by atoms with Crippen molar-refractivity contribution in [3.8, 4) is 5.75 Å². The Labute approximate surface area is 190 Å². The van der Waals surface area contributed by atoms with Crippen molar-refractivity contribution in [3.05, 3.63) is 106 Å². The van der Waals surface area contributed by atoms with Crippen molar-refractivity contribution in [2.24, 2.45) is 0 Å². The van der Waals surface area contributed by atoms with Gasteiger partial charge < -0.3 is 5.11 Å². The Morgan fingerprint density at radius 3 is 2.30 bits per heavy atom. The standard InChI is InChI=1S/C28H21NO4/c1-15(2)17-9-11-22-19(12-17)14-23(30)25(29-22)24-27(32)20-10-8-18(13-21(20)28(24)33)26(31)16-6-4-3-5-7-16/h3-15,24,30H,1-2H3. The molecule has 162 valence electrons. The number of hydrogen-bond acceptors (Lipinski definition) is 5. The largest absolute Gasteiger partial charge is 0.506 e. The van der Waals surface area contributed by atoms with Crippen molar-refractivity contribution >= 4 is 28.3 Å². The first-order chi connectivity index (χ1) is 15.8. The van der Waals surface area contributed by atoms with Crippen LogP contribution < -0.4 is 0 Å². The van der Waals surface area contributed by atoms with Gasteiger partial charge in [0.25, 0.3) is 0 Å². The Morgan fingerprint density at radius 1 is 0.848 bits per heavy atom. The van der Waals surface area contributed by atoms with E-state index in [1.807, 2.05) is 24.3 Å². The zero-order chi connectivity index (χ0) is 23.3. The molecule has 0 fully saturated rings. The van der Waals surface area contributed by atoms with E-state index in [4.69, 9.17) is 0 Å². The fourth-order valence-electron chi connectivity index (χ4n) is 4.31. The summed E-state index contributed by atoms with van der Waals surface area (Å²) < 4.78 is 0. The maximum Gasteiger partial charge on any atom is 0.193 e. The second kappa shape index (κ2) is 7.78. The van der Waals surface area contributed by atoms with Gasteiger partial charge in [-0.3, -0.25) is 14.4 Å². The van der Waals surface area contributed by atoms with Crippen LogP contribution in [-0.4, -0.2) is 27.4 Å². The molecule has 5 rings (SSSR count). The van der Waals surface area contributed by atoms with Gasteiger partial charge in [0.05, 0.1) is 5.52 Å². The van der Waals surface area contributed by atoms with Crippen molar-refractivity contribution in [1.82, 2.24) is 4.98 Å². The molecule has 0 radical (unpaired) electrons. The second-order valence-electron chi connectivity index (χ2n) is 8.62. The highest BCUT2D eigenvalue weighted by Crippen LogP contribution is 2.38. The maximum atomic E-state index is 13.3. The summed E-state index contributed by atoms with van der Waals surface area (Å²) in [7, 11) is 0. The molecule has 1 heterocycles. The number of pyridine rings is 1. The number of aromatic hydroxyl groups is 1. The molecule has 0 amide bonds. The minimum absolute atomic E-state index is 0.0435. The highest BCUT2D eigenvalue weighted by atomic mass is 16.3. The van der Waals surface area contributed by atoms with Crippen LogP contribution >= 0.6 is 0 Å². The lowest BCUT2D eigenvalue weighted by molar-refractivity contribution is 0.0885. The number of Topliss-reactive ketones (excluding diaryl/α,β-unsaturated/α-hetero) is 2. The first-order valence-corrected chi connectivity index (χ1v) is 10.8. The second-order valence-corrected chi connectivity index (χ2v) is 8.62. The van der Waals surface area contributed by atoms with Crippen molar-refractivity contribution < 1.29 is 19.5 Å². The smallest absolute Gasteiger partial charge is 0.193 e. The number of rotatable bonds is 4. The molecular formula is C28H21NO4. The number of benzene rings is 3. The van der Waals surface area contributed by atoms with Crippen molar-refractivity contribution in [3.63, 3.8) is 0 Å². The summed E-state index contributed by atoms with van der Waals surface area (Å²) in [6.45, 7) is 4.15. The van der Waals surface area contributed by atoms with E-state index in [9.17, 15) is 19.5 Å². The maximum absolute atomic E-state index is 13.3. The fraction of sp³-hybridized carbons (Fsp3) is 0.143. The van der Waals surface area contributed by atoms with Gasteiger partial charge in [-0.05, 0) is 41.8 Å². The van der Waals surface area contributed by atoms with E-state index in [0.29, 0.717) is 22.6 Å². The summed E-state index contributed by atoms with van der Waals surface area (Å²) in [5, 5.41) is 11.4. The van der Waals surface area contributed by atoms with Gasteiger partial charge in [-0.25, -0.2) is 4.98 Å². The zero-order valence-corrected chi connectivity index (χ0v) is 18.2. The molecule has 1 aromatic heterocycles. The minimum Gasteiger partial charge on any atom is -0.506 e. The van der Waals surface area contributed by atoms with Gasteiger partial charge >= 0.3 is 0 Å². The molecule has 5 nitrogen and oxygen atoms in total. The molecular weight excluding hydrogens is 414 g/mol. The lowest BCUT2D eigenvalue weighted by atomic mass is 9.96. The van der Waals surface area contributed by atoms with Gasteiger partial charge in [-0.15, -0.1) is 0 Å². The van der Waals surface area contributed by atoms with Crippen molar-refractivity contribution in [2.45, 2.75) is 25.7 Å². The van der Waals surface area contributed by atoms with Gasteiger partial charge in [0.15, 0.2) is 17.3 Å². The van der Waals surface area contributed by atoms with Crippen LogP contribution in [0.3, 0.4) is 0 Å². The molecule has 5 heteroatoms. The van der Waals surface area contributed by atoms with Crippen LogP contribution in [0.1, 0.15) is 73.6 Å². The third-order valence-corrected chi connectivity index (χ3v) is 6.16. The van der Waals surface area contributed by atoms with Crippen LogP contribution in [0.4, 0.5) is 0 Å². The molecule has 0 spiro atoms. The summed E-state index contributed by atoms with van der Waals surface area (Å²) in [5.74, 6) is -2.21. The predicted octanol–water partition coefficient (Wildman–Crippen LogP) is 5.46. The zero-order valence-electron chi connectivity index (χ0n) is 18.2. The molecule has 4 aromatic rings. The van der Waals surface area contributed by atoms with Crippen LogP contribution in [0.2, 0.25) is 0 Å². The number of aromatic nitrogens is 1. The Morgan fingerprint density at radius 2 is 1.58 bits per heavy atom. The molecule has 0 bridgehead atoms. The number of carbonyl (C=O) groups excluding carboxylic acids is 3. The number of carbonyl (C=O) groups is 3. The van der Waals surface area contributed by atoms with Crippen LogP contribution in [0.25, 0.3) is 10.9 Å². The van der Waals surface area contributed by atoms with E-state index in [2.05, 4.69) is 18.8 Å². The van der Waals surface area contributed by atoms with E-state index in [1.165, 1.54) is 12.1 Å². The van der Waals surface area contributed by atoms with E-state index in [0.717, 1.165) is 10.9 Å². The Kier molecular flexibility index (Phi) is 4.90. The third-order valence-electron chi connectivity index (χ3n) is 6.16. The summed E-state index contributed by atoms with van der Waals surface area (Å²) >= 11 is 0. The number of ketones is 3. The predicted molar refractivity (Wildman–Crippen MR) is 125 cm³/mol. The fourth-order valence-corrected chi connectivity index (χ4v) is 4.31. The molecule has 1 N–H and O–H groups in total.